The number of phenolic OH excluding ortho intramolecular Hbond substituents is 1. The van der Waals surface area contributed by atoms with Crippen LogP contribution in [0.2, 0.25) is 24.7 Å². The average Bonchev–Trinajstić information content (AvgIpc) is 2.75. The second-order valence-corrected chi connectivity index (χ2v) is 19.3. The fourth-order valence-corrected chi connectivity index (χ4v) is 8.96. The van der Waals surface area contributed by atoms with Gasteiger partial charge in [0.25, 0.3) is 0 Å². The Hall–Kier alpha value is -2.95. The molecular formula is C28H34O3Si2. The van der Waals surface area contributed by atoms with Crippen LogP contribution in [0.5, 0.6) is 17.2 Å². The Balaban J connectivity index is 2.31. The maximum atomic E-state index is 10.6. The first kappa shape index (κ1) is 24.7. The summed E-state index contributed by atoms with van der Waals surface area (Å²) in [6.45, 7) is 13.2. The van der Waals surface area contributed by atoms with E-state index in [9.17, 15) is 5.11 Å². The van der Waals surface area contributed by atoms with Crippen LogP contribution in [0.1, 0.15) is 26.3 Å². The molecule has 0 amide bonds. The minimum atomic E-state index is -2.87. The van der Waals surface area contributed by atoms with Gasteiger partial charge in [-0.3, -0.25) is 0 Å². The van der Waals surface area contributed by atoms with E-state index in [1.165, 1.54) is 0 Å². The van der Waals surface area contributed by atoms with Gasteiger partial charge in [-0.15, -0.1) is 5.54 Å². The summed E-state index contributed by atoms with van der Waals surface area (Å²) in [6, 6.07) is 24.2. The maximum absolute atomic E-state index is 10.6. The highest BCUT2D eigenvalue weighted by Gasteiger charge is 2.52. The molecule has 0 aliphatic heterocycles. The van der Waals surface area contributed by atoms with Crippen LogP contribution in [-0.4, -0.2) is 28.6 Å². The molecule has 0 bridgehead atoms. The molecule has 3 rings (SSSR count). The van der Waals surface area contributed by atoms with Crippen molar-refractivity contribution in [3.05, 3.63) is 78.4 Å². The number of benzene rings is 3. The number of rotatable bonds is 5. The fraction of sp³-hybridized carbons (Fsp3) is 0.286. The van der Waals surface area contributed by atoms with E-state index in [-0.39, 0.29) is 10.8 Å². The van der Waals surface area contributed by atoms with E-state index < -0.39 is 16.4 Å². The molecule has 3 aromatic carbocycles. The molecule has 0 saturated carbocycles. The molecule has 33 heavy (non-hydrogen) atoms. The largest absolute Gasteiger partial charge is 0.531 e. The van der Waals surface area contributed by atoms with E-state index in [1.807, 2.05) is 12.1 Å². The van der Waals surface area contributed by atoms with Gasteiger partial charge in [0.15, 0.2) is 11.5 Å². The summed E-state index contributed by atoms with van der Waals surface area (Å²) in [5, 5.41) is 12.7. The van der Waals surface area contributed by atoms with Gasteiger partial charge in [0, 0.05) is 6.07 Å². The second kappa shape index (κ2) is 9.50. The molecule has 5 heteroatoms. The molecule has 0 unspecified atom stereocenters. The van der Waals surface area contributed by atoms with Gasteiger partial charge in [-0.25, -0.2) is 0 Å². The van der Waals surface area contributed by atoms with E-state index in [1.54, 1.807) is 19.2 Å². The number of methoxy groups -OCH3 is 1. The topological polar surface area (TPSA) is 38.7 Å². The first-order valence-corrected chi connectivity index (χ1v) is 16.6. The summed E-state index contributed by atoms with van der Waals surface area (Å²) < 4.78 is 12.9. The smallest absolute Gasteiger partial charge is 0.320 e. The van der Waals surface area contributed by atoms with Crippen molar-refractivity contribution in [2.45, 2.75) is 45.5 Å². The molecule has 0 aliphatic rings. The Morgan fingerprint density at radius 1 is 0.818 bits per heavy atom. The third-order valence-electron chi connectivity index (χ3n) is 5.50. The summed E-state index contributed by atoms with van der Waals surface area (Å²) in [4.78, 5) is 0. The van der Waals surface area contributed by atoms with Crippen LogP contribution < -0.4 is 19.5 Å². The predicted molar refractivity (Wildman–Crippen MR) is 143 cm³/mol. The minimum Gasteiger partial charge on any atom is -0.531 e. The summed E-state index contributed by atoms with van der Waals surface area (Å²) in [6.07, 6.45) is 0. The zero-order valence-electron chi connectivity index (χ0n) is 20.7. The first-order chi connectivity index (χ1) is 15.5. The van der Waals surface area contributed by atoms with Crippen molar-refractivity contribution in [3.8, 4) is 28.7 Å². The van der Waals surface area contributed by atoms with E-state index in [0.717, 1.165) is 10.4 Å². The minimum absolute atomic E-state index is 0.114. The van der Waals surface area contributed by atoms with Crippen LogP contribution in [0.15, 0.2) is 72.8 Å². The SMILES string of the molecule is COc1c(C#C[Si](C)(C)C)cc(O)cc1O[Si](c1ccccc1)(c1ccccc1)C(C)(C)C. The van der Waals surface area contributed by atoms with Crippen molar-refractivity contribution in [1.82, 2.24) is 0 Å². The molecule has 0 aromatic heterocycles. The molecule has 0 fully saturated rings. The molecule has 0 spiro atoms. The van der Waals surface area contributed by atoms with Crippen molar-refractivity contribution in [2.75, 3.05) is 7.11 Å². The zero-order valence-corrected chi connectivity index (χ0v) is 22.7. The summed E-state index contributed by atoms with van der Waals surface area (Å²) in [5.41, 5.74) is 4.02. The molecule has 0 radical (unpaired) electrons. The molecule has 3 aromatic rings. The van der Waals surface area contributed by atoms with Crippen molar-refractivity contribution in [2.24, 2.45) is 0 Å². The van der Waals surface area contributed by atoms with E-state index in [4.69, 9.17) is 9.16 Å². The highest BCUT2D eigenvalue weighted by molar-refractivity contribution is 7.00. The summed E-state index contributed by atoms with van der Waals surface area (Å²) in [7, 11) is -2.87. The third kappa shape index (κ3) is 5.35. The van der Waals surface area contributed by atoms with Crippen LogP contribution in [0, 0.1) is 11.5 Å². The Morgan fingerprint density at radius 3 is 1.76 bits per heavy atom. The normalized spacial score (nSPS) is 12.0. The fourth-order valence-electron chi connectivity index (χ4n) is 4.04. The Labute approximate surface area is 200 Å². The lowest BCUT2D eigenvalue weighted by atomic mass is 10.2. The lowest BCUT2D eigenvalue weighted by Gasteiger charge is -2.43. The van der Waals surface area contributed by atoms with Crippen LogP contribution >= 0.6 is 0 Å². The van der Waals surface area contributed by atoms with Gasteiger partial charge in [-0.2, -0.15) is 0 Å². The molecule has 0 saturated heterocycles. The monoisotopic (exact) mass is 474 g/mol. The van der Waals surface area contributed by atoms with Gasteiger partial charge >= 0.3 is 8.32 Å². The lowest BCUT2D eigenvalue weighted by molar-refractivity contribution is 0.383. The Kier molecular flexibility index (Phi) is 7.11. The predicted octanol–water partition coefficient (Wildman–Crippen LogP) is 5.57. The van der Waals surface area contributed by atoms with E-state index >= 15 is 0 Å². The van der Waals surface area contributed by atoms with Gasteiger partial charge < -0.3 is 14.3 Å². The van der Waals surface area contributed by atoms with Crippen LogP contribution in [0.3, 0.4) is 0 Å². The molecule has 1 N–H and O–H groups in total. The van der Waals surface area contributed by atoms with Gasteiger partial charge in [0.1, 0.15) is 13.8 Å². The van der Waals surface area contributed by atoms with Crippen molar-refractivity contribution < 1.29 is 14.3 Å². The number of aromatic hydroxyl groups is 1. The van der Waals surface area contributed by atoms with Crippen molar-refractivity contribution in [1.29, 1.82) is 0 Å². The van der Waals surface area contributed by atoms with Crippen molar-refractivity contribution in [3.63, 3.8) is 0 Å². The maximum Gasteiger partial charge on any atom is 0.320 e. The van der Waals surface area contributed by atoms with Crippen LogP contribution in [-0.2, 0) is 0 Å². The standard InChI is InChI=1S/C28H34O3Si2/c1-28(2,3)33(24-14-10-8-11-15-24,25-16-12-9-13-17-25)31-26-21-23(29)20-22(27(26)30-4)18-19-32(5,6)7/h8-17,20-21,29H,1-7H3. The van der Waals surface area contributed by atoms with Crippen LogP contribution in [0.25, 0.3) is 0 Å². The molecule has 0 aliphatic carbocycles. The molecular weight excluding hydrogens is 440 g/mol. The van der Waals surface area contributed by atoms with E-state index in [2.05, 4.69) is 100 Å². The van der Waals surface area contributed by atoms with Gasteiger partial charge in [0.05, 0.1) is 12.7 Å². The Morgan fingerprint density at radius 2 is 1.33 bits per heavy atom. The molecule has 3 nitrogen and oxygen atoms in total. The summed E-state index contributed by atoms with van der Waals surface area (Å²) >= 11 is 0. The molecule has 172 valence electrons. The highest BCUT2D eigenvalue weighted by atomic mass is 28.4. The zero-order chi connectivity index (χ0) is 24.3. The lowest BCUT2D eigenvalue weighted by Crippen LogP contribution is -2.68. The van der Waals surface area contributed by atoms with E-state index in [0.29, 0.717) is 17.1 Å². The van der Waals surface area contributed by atoms with Gasteiger partial charge in [-0.1, -0.05) is 107 Å². The highest BCUT2D eigenvalue weighted by Crippen LogP contribution is 2.42. The van der Waals surface area contributed by atoms with Gasteiger partial charge in [0.2, 0.25) is 0 Å². The quantitative estimate of drug-likeness (QED) is 0.388. The second-order valence-electron chi connectivity index (χ2n) is 10.3. The van der Waals surface area contributed by atoms with Crippen molar-refractivity contribution >= 4 is 26.8 Å². The number of hydrogen-bond acceptors (Lipinski definition) is 3. The Bertz CT molecular complexity index is 1110. The molecule has 0 atom stereocenters. The average molecular weight is 475 g/mol. The first-order valence-electron chi connectivity index (χ1n) is 11.2. The van der Waals surface area contributed by atoms with Crippen LogP contribution in [0.4, 0.5) is 0 Å². The molecule has 0 heterocycles. The third-order valence-corrected chi connectivity index (χ3v) is 11.3. The summed E-state index contributed by atoms with van der Waals surface area (Å²) in [5.74, 6) is 4.45. The number of hydrogen-bond donors (Lipinski definition) is 1. The number of phenols is 1. The van der Waals surface area contributed by atoms with Gasteiger partial charge in [-0.05, 0) is 21.5 Å². The number of ether oxygens (including phenoxy) is 1.